The molecule has 4 heteroatoms. The Hall–Kier alpha value is -1.84. The van der Waals surface area contributed by atoms with Crippen LogP contribution in [0.5, 0.6) is 0 Å². The zero-order chi connectivity index (χ0) is 14.3. The van der Waals surface area contributed by atoms with Crippen molar-refractivity contribution in [3.05, 3.63) is 29.8 Å². The van der Waals surface area contributed by atoms with Gasteiger partial charge >= 0.3 is 5.97 Å². The van der Waals surface area contributed by atoms with Gasteiger partial charge in [-0.05, 0) is 55.7 Å². The average molecular weight is 273 g/mol. The number of aryl methyl sites for hydroxylation is 1. The molecule has 1 aromatic rings. The van der Waals surface area contributed by atoms with Crippen LogP contribution in [0.1, 0.15) is 24.8 Å². The predicted octanol–water partition coefficient (Wildman–Crippen LogP) is 2.68. The molecule has 0 unspecified atom stereocenters. The van der Waals surface area contributed by atoms with Crippen LogP contribution in [0.3, 0.4) is 0 Å². The van der Waals surface area contributed by atoms with Gasteiger partial charge in [0.25, 0.3) is 0 Å². The highest BCUT2D eigenvalue weighted by Crippen LogP contribution is 2.52. The first-order valence-electron chi connectivity index (χ1n) is 7.16. The van der Waals surface area contributed by atoms with Gasteiger partial charge in [0.2, 0.25) is 5.91 Å². The van der Waals surface area contributed by atoms with Crippen molar-refractivity contribution in [2.75, 3.05) is 5.32 Å². The number of hydrogen-bond donors (Lipinski definition) is 2. The van der Waals surface area contributed by atoms with Crippen LogP contribution in [0.2, 0.25) is 0 Å². The molecule has 2 N–H and O–H groups in total. The highest BCUT2D eigenvalue weighted by molar-refractivity contribution is 5.96. The van der Waals surface area contributed by atoms with Gasteiger partial charge in [-0.2, -0.15) is 0 Å². The van der Waals surface area contributed by atoms with Crippen molar-refractivity contribution in [1.82, 2.24) is 0 Å². The number of fused-ring (bicyclic) bond motifs is 2. The first kappa shape index (κ1) is 13.2. The number of nitrogens with one attached hydrogen (secondary N) is 1. The van der Waals surface area contributed by atoms with Gasteiger partial charge in [-0.15, -0.1) is 0 Å². The standard InChI is InChI=1S/C16H19NO3/c1-9-3-2-4-12(7-9)17-15(18)13-10-5-6-11(8-10)14(13)16(19)20/h2-4,7,10-11,13-14H,5-6,8H2,1H3,(H,17,18)(H,19,20)/t10-,11-,13-,14-/m0/s1. The minimum absolute atomic E-state index is 0.129. The Morgan fingerprint density at radius 2 is 1.90 bits per heavy atom. The number of anilines is 1. The quantitative estimate of drug-likeness (QED) is 0.889. The minimum Gasteiger partial charge on any atom is -0.481 e. The van der Waals surface area contributed by atoms with Crippen LogP contribution in [-0.2, 0) is 9.59 Å². The zero-order valence-corrected chi connectivity index (χ0v) is 11.5. The van der Waals surface area contributed by atoms with Crippen LogP contribution in [0.25, 0.3) is 0 Å². The van der Waals surface area contributed by atoms with Crippen molar-refractivity contribution in [2.24, 2.45) is 23.7 Å². The van der Waals surface area contributed by atoms with Crippen LogP contribution >= 0.6 is 0 Å². The molecule has 1 amide bonds. The maximum Gasteiger partial charge on any atom is 0.307 e. The van der Waals surface area contributed by atoms with E-state index in [9.17, 15) is 14.7 Å². The number of carbonyl (C=O) groups excluding carboxylic acids is 1. The smallest absolute Gasteiger partial charge is 0.307 e. The van der Waals surface area contributed by atoms with E-state index in [-0.39, 0.29) is 23.7 Å². The highest BCUT2D eigenvalue weighted by Gasteiger charge is 2.53. The molecule has 4 atom stereocenters. The first-order valence-corrected chi connectivity index (χ1v) is 7.16. The monoisotopic (exact) mass is 273 g/mol. The fraction of sp³-hybridized carbons (Fsp3) is 0.500. The van der Waals surface area contributed by atoms with E-state index >= 15 is 0 Å². The Morgan fingerprint density at radius 1 is 1.20 bits per heavy atom. The van der Waals surface area contributed by atoms with Crippen LogP contribution in [0.15, 0.2) is 24.3 Å². The molecule has 4 nitrogen and oxygen atoms in total. The van der Waals surface area contributed by atoms with Gasteiger partial charge < -0.3 is 10.4 Å². The molecule has 0 saturated heterocycles. The van der Waals surface area contributed by atoms with Crippen molar-refractivity contribution in [3.8, 4) is 0 Å². The zero-order valence-electron chi connectivity index (χ0n) is 11.5. The lowest BCUT2D eigenvalue weighted by Gasteiger charge is -2.27. The van der Waals surface area contributed by atoms with Crippen LogP contribution in [0.4, 0.5) is 5.69 Å². The predicted molar refractivity (Wildman–Crippen MR) is 75.3 cm³/mol. The lowest BCUT2D eigenvalue weighted by molar-refractivity contribution is -0.148. The second-order valence-corrected chi connectivity index (χ2v) is 6.08. The molecule has 1 aromatic carbocycles. The van der Waals surface area contributed by atoms with Crippen LogP contribution in [-0.4, -0.2) is 17.0 Å². The molecule has 0 radical (unpaired) electrons. The maximum atomic E-state index is 12.5. The number of carbonyl (C=O) groups is 2. The molecular weight excluding hydrogens is 254 g/mol. The van der Waals surface area contributed by atoms with E-state index in [1.807, 2.05) is 31.2 Å². The van der Waals surface area contributed by atoms with Gasteiger partial charge in [0.1, 0.15) is 0 Å². The molecule has 2 saturated carbocycles. The van der Waals surface area contributed by atoms with E-state index in [0.717, 1.165) is 30.5 Å². The Balaban J connectivity index is 1.78. The van der Waals surface area contributed by atoms with Crippen molar-refractivity contribution < 1.29 is 14.7 Å². The van der Waals surface area contributed by atoms with Crippen molar-refractivity contribution in [1.29, 1.82) is 0 Å². The van der Waals surface area contributed by atoms with Gasteiger partial charge in [0.05, 0.1) is 11.8 Å². The second-order valence-electron chi connectivity index (χ2n) is 6.08. The third-order valence-corrected chi connectivity index (χ3v) is 4.79. The molecule has 106 valence electrons. The number of carboxylic acid groups (broad SMARTS) is 1. The van der Waals surface area contributed by atoms with E-state index in [0.29, 0.717) is 0 Å². The number of amides is 1. The fourth-order valence-corrected chi connectivity index (χ4v) is 3.97. The summed E-state index contributed by atoms with van der Waals surface area (Å²) in [4.78, 5) is 23.9. The average Bonchev–Trinajstić information content (AvgIpc) is 2.98. The van der Waals surface area contributed by atoms with Crippen molar-refractivity contribution in [2.45, 2.75) is 26.2 Å². The summed E-state index contributed by atoms with van der Waals surface area (Å²) in [6, 6.07) is 7.60. The highest BCUT2D eigenvalue weighted by atomic mass is 16.4. The first-order chi connectivity index (χ1) is 9.56. The van der Waals surface area contributed by atoms with Crippen molar-refractivity contribution in [3.63, 3.8) is 0 Å². The number of benzene rings is 1. The summed E-state index contributed by atoms with van der Waals surface area (Å²) in [7, 11) is 0. The Morgan fingerprint density at radius 3 is 2.55 bits per heavy atom. The van der Waals surface area contributed by atoms with E-state index in [1.165, 1.54) is 0 Å². The van der Waals surface area contributed by atoms with Gasteiger partial charge in [-0.1, -0.05) is 12.1 Å². The molecular formula is C16H19NO3. The molecule has 2 aliphatic rings. The topological polar surface area (TPSA) is 66.4 Å². The number of hydrogen-bond acceptors (Lipinski definition) is 2. The molecule has 0 spiro atoms. The van der Waals surface area contributed by atoms with Gasteiger partial charge in [-0.3, -0.25) is 9.59 Å². The van der Waals surface area contributed by atoms with E-state index in [4.69, 9.17) is 0 Å². The summed E-state index contributed by atoms with van der Waals surface area (Å²) in [6.07, 6.45) is 2.83. The SMILES string of the molecule is Cc1cccc(NC(=O)[C@H]2[C@H]3CC[C@@H](C3)[C@@H]2C(=O)O)c1. The van der Waals surface area contributed by atoms with E-state index in [1.54, 1.807) is 0 Å². The Bertz CT molecular complexity index is 554. The van der Waals surface area contributed by atoms with E-state index in [2.05, 4.69) is 5.32 Å². The summed E-state index contributed by atoms with van der Waals surface area (Å²) in [5.41, 5.74) is 1.83. The van der Waals surface area contributed by atoms with Gasteiger partial charge in [0, 0.05) is 5.69 Å². The van der Waals surface area contributed by atoms with Crippen molar-refractivity contribution >= 4 is 17.6 Å². The fourth-order valence-electron chi connectivity index (χ4n) is 3.97. The summed E-state index contributed by atoms with van der Waals surface area (Å²) < 4.78 is 0. The minimum atomic E-state index is -0.818. The summed E-state index contributed by atoms with van der Waals surface area (Å²) >= 11 is 0. The molecule has 20 heavy (non-hydrogen) atoms. The van der Waals surface area contributed by atoms with Crippen LogP contribution < -0.4 is 5.32 Å². The summed E-state index contributed by atoms with van der Waals surface area (Å²) in [5, 5.41) is 12.3. The summed E-state index contributed by atoms with van der Waals surface area (Å²) in [6.45, 7) is 1.97. The molecule has 0 aromatic heterocycles. The number of aliphatic carboxylic acids is 1. The molecule has 2 bridgehead atoms. The Kier molecular flexibility index (Phi) is 3.24. The van der Waals surface area contributed by atoms with Gasteiger partial charge in [-0.25, -0.2) is 0 Å². The molecule has 3 rings (SSSR count). The largest absolute Gasteiger partial charge is 0.481 e. The Labute approximate surface area is 118 Å². The van der Waals surface area contributed by atoms with Crippen LogP contribution in [0, 0.1) is 30.6 Å². The molecule has 2 fully saturated rings. The molecule has 2 aliphatic carbocycles. The number of rotatable bonds is 3. The lowest BCUT2D eigenvalue weighted by atomic mass is 9.78. The normalized spacial score (nSPS) is 31.2. The van der Waals surface area contributed by atoms with Gasteiger partial charge in [0.15, 0.2) is 0 Å². The van der Waals surface area contributed by atoms with E-state index < -0.39 is 11.9 Å². The lowest BCUT2D eigenvalue weighted by Crippen LogP contribution is -2.37. The third kappa shape index (κ3) is 2.19. The maximum absolute atomic E-state index is 12.5. The number of carboxylic acids is 1. The summed E-state index contributed by atoms with van der Waals surface area (Å²) in [5.74, 6) is -1.39. The second kappa shape index (κ2) is 4.93. The molecule has 0 heterocycles. The third-order valence-electron chi connectivity index (χ3n) is 4.79. The molecule has 0 aliphatic heterocycles.